The first-order valence-electron chi connectivity index (χ1n) is 6.49. The molecule has 3 N–H and O–H groups in total. The molecule has 1 aliphatic carbocycles. The van der Waals surface area contributed by atoms with Crippen molar-refractivity contribution in [3.8, 4) is 5.75 Å². The number of fused-ring (bicyclic) bond motifs is 1. The van der Waals surface area contributed by atoms with Crippen molar-refractivity contribution in [2.24, 2.45) is 0 Å². The smallest absolute Gasteiger partial charge is 0.341 e. The molecule has 4 heteroatoms. The van der Waals surface area contributed by atoms with Crippen molar-refractivity contribution in [2.75, 3.05) is 12.3 Å². The highest BCUT2D eigenvalue weighted by Gasteiger charge is 2.26. The number of hydrogen-bond acceptors (Lipinski definition) is 3. The van der Waals surface area contributed by atoms with Gasteiger partial charge in [0.25, 0.3) is 0 Å². The molecule has 102 valence electrons. The standard InChI is InChI=1S/C16H15NO3/c17-13-6-3-7-14(15(13)16(18)19)20-9-11-8-10-4-1-2-5-12(10)11/h1-7,11H,8-9,17H2,(H,18,19). The maximum absolute atomic E-state index is 11.2. The SMILES string of the molecule is Nc1cccc(OCC2Cc3ccccc32)c1C(=O)O. The van der Waals surface area contributed by atoms with Crippen LogP contribution in [0.25, 0.3) is 0 Å². The summed E-state index contributed by atoms with van der Waals surface area (Å²) in [5.41, 5.74) is 8.58. The van der Waals surface area contributed by atoms with Gasteiger partial charge in [-0.3, -0.25) is 0 Å². The second-order valence-corrected chi connectivity index (χ2v) is 4.94. The molecular weight excluding hydrogens is 254 g/mol. The Bertz CT molecular complexity index is 667. The minimum atomic E-state index is -1.06. The summed E-state index contributed by atoms with van der Waals surface area (Å²) in [5, 5.41) is 9.18. The van der Waals surface area contributed by atoms with E-state index >= 15 is 0 Å². The molecule has 0 spiro atoms. The molecule has 0 fully saturated rings. The van der Waals surface area contributed by atoms with Crippen molar-refractivity contribution in [1.82, 2.24) is 0 Å². The Labute approximate surface area is 116 Å². The predicted molar refractivity (Wildman–Crippen MR) is 76.2 cm³/mol. The van der Waals surface area contributed by atoms with Crippen LogP contribution in [-0.2, 0) is 6.42 Å². The van der Waals surface area contributed by atoms with E-state index in [4.69, 9.17) is 10.5 Å². The monoisotopic (exact) mass is 269 g/mol. The molecule has 0 saturated heterocycles. The molecule has 2 aromatic rings. The Balaban J connectivity index is 1.75. The van der Waals surface area contributed by atoms with E-state index in [1.807, 2.05) is 12.1 Å². The third kappa shape index (κ3) is 2.09. The molecule has 0 saturated carbocycles. The van der Waals surface area contributed by atoms with Gasteiger partial charge in [0.1, 0.15) is 11.3 Å². The van der Waals surface area contributed by atoms with E-state index in [2.05, 4.69) is 12.1 Å². The van der Waals surface area contributed by atoms with Crippen LogP contribution in [0.15, 0.2) is 42.5 Å². The van der Waals surface area contributed by atoms with Crippen LogP contribution in [-0.4, -0.2) is 17.7 Å². The molecule has 1 unspecified atom stereocenters. The Hall–Kier alpha value is -2.49. The molecule has 0 aliphatic heterocycles. The van der Waals surface area contributed by atoms with Gasteiger partial charge in [0, 0.05) is 11.6 Å². The topological polar surface area (TPSA) is 72.5 Å². The molecule has 0 bridgehead atoms. The Morgan fingerprint density at radius 2 is 2.05 bits per heavy atom. The van der Waals surface area contributed by atoms with Gasteiger partial charge in [-0.25, -0.2) is 4.79 Å². The van der Waals surface area contributed by atoms with Crippen molar-refractivity contribution in [3.63, 3.8) is 0 Å². The molecule has 1 atom stereocenters. The van der Waals surface area contributed by atoms with E-state index in [0.29, 0.717) is 18.3 Å². The number of carbonyl (C=O) groups is 1. The molecule has 2 aromatic carbocycles. The predicted octanol–water partition coefficient (Wildman–Crippen LogP) is 2.69. The van der Waals surface area contributed by atoms with E-state index in [0.717, 1.165) is 6.42 Å². The summed E-state index contributed by atoms with van der Waals surface area (Å²) in [6, 6.07) is 13.1. The number of hydrogen-bond donors (Lipinski definition) is 2. The summed E-state index contributed by atoms with van der Waals surface area (Å²) in [4.78, 5) is 11.2. The molecule has 0 aromatic heterocycles. The Morgan fingerprint density at radius 1 is 1.25 bits per heavy atom. The lowest BCUT2D eigenvalue weighted by Gasteiger charge is -2.30. The van der Waals surface area contributed by atoms with E-state index in [-0.39, 0.29) is 11.3 Å². The number of carboxylic acid groups (broad SMARTS) is 1. The minimum absolute atomic E-state index is 0.0418. The number of nitrogens with two attached hydrogens (primary N) is 1. The molecule has 20 heavy (non-hydrogen) atoms. The van der Waals surface area contributed by atoms with Crippen LogP contribution in [0.4, 0.5) is 5.69 Å². The zero-order chi connectivity index (χ0) is 14.1. The van der Waals surface area contributed by atoms with Gasteiger partial charge < -0.3 is 15.6 Å². The lowest BCUT2D eigenvalue weighted by atomic mass is 9.78. The van der Waals surface area contributed by atoms with Gasteiger partial charge in [-0.15, -0.1) is 0 Å². The highest BCUT2D eigenvalue weighted by atomic mass is 16.5. The van der Waals surface area contributed by atoms with Crippen LogP contribution >= 0.6 is 0 Å². The van der Waals surface area contributed by atoms with Crippen LogP contribution in [0.5, 0.6) is 5.75 Å². The number of ether oxygens (including phenoxy) is 1. The minimum Gasteiger partial charge on any atom is -0.492 e. The third-order valence-corrected chi connectivity index (χ3v) is 3.67. The maximum atomic E-state index is 11.2. The molecule has 1 aliphatic rings. The molecule has 4 nitrogen and oxygen atoms in total. The van der Waals surface area contributed by atoms with Gasteiger partial charge in [0.15, 0.2) is 0 Å². The van der Waals surface area contributed by atoms with Crippen molar-refractivity contribution in [2.45, 2.75) is 12.3 Å². The molecule has 0 radical (unpaired) electrons. The van der Waals surface area contributed by atoms with Gasteiger partial charge in [0.2, 0.25) is 0 Å². The van der Waals surface area contributed by atoms with Crippen molar-refractivity contribution < 1.29 is 14.6 Å². The molecule has 0 amide bonds. The first-order valence-corrected chi connectivity index (χ1v) is 6.49. The molecular formula is C16H15NO3. The summed E-state index contributed by atoms with van der Waals surface area (Å²) >= 11 is 0. The van der Waals surface area contributed by atoms with Gasteiger partial charge in [0.05, 0.1) is 6.61 Å². The van der Waals surface area contributed by atoms with E-state index in [9.17, 15) is 9.90 Å². The Kier molecular flexibility index (Phi) is 3.06. The summed E-state index contributed by atoms with van der Waals surface area (Å²) in [7, 11) is 0. The van der Waals surface area contributed by atoms with Gasteiger partial charge >= 0.3 is 5.97 Å². The summed E-state index contributed by atoms with van der Waals surface area (Å²) in [6.45, 7) is 0.473. The van der Waals surface area contributed by atoms with E-state index in [1.165, 1.54) is 11.1 Å². The highest BCUT2D eigenvalue weighted by Crippen LogP contribution is 2.35. The zero-order valence-corrected chi connectivity index (χ0v) is 10.9. The fourth-order valence-electron chi connectivity index (χ4n) is 2.60. The van der Waals surface area contributed by atoms with Crippen LogP contribution in [0.2, 0.25) is 0 Å². The second kappa shape index (κ2) is 4.89. The number of anilines is 1. The number of nitrogen functional groups attached to an aromatic ring is 1. The number of rotatable bonds is 4. The molecule has 3 rings (SSSR count). The largest absolute Gasteiger partial charge is 0.492 e. The zero-order valence-electron chi connectivity index (χ0n) is 10.9. The summed E-state index contributed by atoms with van der Waals surface area (Å²) in [6.07, 6.45) is 0.973. The summed E-state index contributed by atoms with van der Waals surface area (Å²) in [5.74, 6) is -0.400. The fraction of sp³-hybridized carbons (Fsp3) is 0.188. The Morgan fingerprint density at radius 3 is 2.80 bits per heavy atom. The lowest BCUT2D eigenvalue weighted by molar-refractivity contribution is 0.0693. The normalized spacial score (nSPS) is 16.1. The molecule has 0 heterocycles. The van der Waals surface area contributed by atoms with Crippen LogP contribution in [0.1, 0.15) is 27.4 Å². The fourth-order valence-corrected chi connectivity index (χ4v) is 2.60. The van der Waals surface area contributed by atoms with E-state index in [1.54, 1.807) is 18.2 Å². The average Bonchev–Trinajstić information content (AvgIpc) is 2.39. The number of benzene rings is 2. The van der Waals surface area contributed by atoms with Gasteiger partial charge in [-0.2, -0.15) is 0 Å². The van der Waals surface area contributed by atoms with Crippen molar-refractivity contribution >= 4 is 11.7 Å². The van der Waals surface area contributed by atoms with E-state index < -0.39 is 5.97 Å². The summed E-state index contributed by atoms with van der Waals surface area (Å²) < 4.78 is 5.68. The van der Waals surface area contributed by atoms with Gasteiger partial charge in [-0.05, 0) is 29.7 Å². The number of carboxylic acids is 1. The van der Waals surface area contributed by atoms with Crippen LogP contribution in [0, 0.1) is 0 Å². The van der Waals surface area contributed by atoms with Crippen molar-refractivity contribution in [3.05, 3.63) is 59.2 Å². The maximum Gasteiger partial charge on any atom is 0.341 e. The highest BCUT2D eigenvalue weighted by molar-refractivity contribution is 5.96. The quantitative estimate of drug-likeness (QED) is 0.837. The third-order valence-electron chi connectivity index (χ3n) is 3.67. The lowest BCUT2D eigenvalue weighted by Crippen LogP contribution is -2.23. The van der Waals surface area contributed by atoms with Crippen LogP contribution < -0.4 is 10.5 Å². The number of aromatic carboxylic acids is 1. The first-order chi connectivity index (χ1) is 9.66. The average molecular weight is 269 g/mol. The first kappa shape index (κ1) is 12.5. The second-order valence-electron chi connectivity index (χ2n) is 4.94. The van der Waals surface area contributed by atoms with Crippen LogP contribution in [0.3, 0.4) is 0 Å². The van der Waals surface area contributed by atoms with Gasteiger partial charge in [-0.1, -0.05) is 30.3 Å². The van der Waals surface area contributed by atoms with Crippen molar-refractivity contribution in [1.29, 1.82) is 0 Å².